The summed E-state index contributed by atoms with van der Waals surface area (Å²) >= 11 is 0. The molecule has 2 aromatic carbocycles. The van der Waals surface area contributed by atoms with Gasteiger partial charge in [-0.15, -0.1) is 0 Å². The standard InChI is InChI=1S/C14H9FN2O2/c15-11-6-5-10(8-3-1-2-4-9(8)11)14-16-12(18)7-13(19)17-14/h1-7H,(H2,16,17,18,19). The number of rotatable bonds is 1. The fraction of sp³-hybridized carbons (Fsp3) is 0. The van der Waals surface area contributed by atoms with Gasteiger partial charge in [0.1, 0.15) is 11.6 Å². The molecule has 2 N–H and O–H groups in total. The highest BCUT2D eigenvalue weighted by atomic mass is 19.1. The normalized spacial score (nSPS) is 10.8. The Morgan fingerprint density at radius 3 is 2.58 bits per heavy atom. The van der Waals surface area contributed by atoms with Crippen LogP contribution in [0.3, 0.4) is 0 Å². The average molecular weight is 256 g/mol. The molecule has 5 heteroatoms. The Balaban J connectivity index is 2.37. The Hall–Kier alpha value is -2.69. The first-order chi connectivity index (χ1) is 9.15. The Morgan fingerprint density at radius 1 is 1.11 bits per heavy atom. The third kappa shape index (κ3) is 1.95. The summed E-state index contributed by atoms with van der Waals surface area (Å²) in [5.74, 6) is -0.504. The second-order valence-electron chi connectivity index (χ2n) is 4.09. The van der Waals surface area contributed by atoms with E-state index in [9.17, 15) is 14.3 Å². The van der Waals surface area contributed by atoms with Crippen LogP contribution in [0.15, 0.2) is 47.3 Å². The maximum absolute atomic E-state index is 13.7. The van der Waals surface area contributed by atoms with Crippen molar-refractivity contribution < 1.29 is 9.50 Å². The first kappa shape index (κ1) is 11.4. The topological polar surface area (TPSA) is 66.0 Å². The number of nitrogens with one attached hydrogen (secondary N) is 1. The van der Waals surface area contributed by atoms with Crippen molar-refractivity contribution in [3.05, 3.63) is 58.6 Å². The lowest BCUT2D eigenvalue weighted by atomic mass is 10.0. The van der Waals surface area contributed by atoms with Gasteiger partial charge in [0.05, 0.1) is 6.07 Å². The van der Waals surface area contributed by atoms with E-state index >= 15 is 0 Å². The molecular weight excluding hydrogens is 247 g/mol. The van der Waals surface area contributed by atoms with Gasteiger partial charge in [0.15, 0.2) is 0 Å². The van der Waals surface area contributed by atoms with Crippen LogP contribution < -0.4 is 5.56 Å². The van der Waals surface area contributed by atoms with Gasteiger partial charge >= 0.3 is 0 Å². The molecule has 0 fully saturated rings. The van der Waals surface area contributed by atoms with Crippen molar-refractivity contribution >= 4 is 10.8 Å². The molecule has 0 aliphatic heterocycles. The molecule has 0 saturated heterocycles. The van der Waals surface area contributed by atoms with E-state index in [0.29, 0.717) is 16.3 Å². The smallest absolute Gasteiger partial charge is 0.254 e. The molecule has 4 nitrogen and oxygen atoms in total. The summed E-state index contributed by atoms with van der Waals surface area (Å²) in [6.07, 6.45) is 0. The number of aromatic nitrogens is 2. The molecular formula is C14H9FN2O2. The second-order valence-corrected chi connectivity index (χ2v) is 4.09. The van der Waals surface area contributed by atoms with Gasteiger partial charge in [-0.3, -0.25) is 4.79 Å². The van der Waals surface area contributed by atoms with Crippen molar-refractivity contribution in [2.75, 3.05) is 0 Å². The minimum absolute atomic E-state index is 0.209. The molecule has 3 aromatic rings. The predicted molar refractivity (Wildman–Crippen MR) is 69.4 cm³/mol. The van der Waals surface area contributed by atoms with E-state index in [1.807, 2.05) is 0 Å². The van der Waals surface area contributed by atoms with Crippen LogP contribution in [0.4, 0.5) is 4.39 Å². The molecule has 0 aliphatic rings. The minimum Gasteiger partial charge on any atom is -0.493 e. The zero-order valence-electron chi connectivity index (χ0n) is 9.72. The van der Waals surface area contributed by atoms with Crippen LogP contribution in [0, 0.1) is 5.82 Å². The van der Waals surface area contributed by atoms with Gasteiger partial charge < -0.3 is 10.1 Å². The summed E-state index contributed by atoms with van der Waals surface area (Å²) in [5.41, 5.74) is 0.0981. The van der Waals surface area contributed by atoms with Crippen molar-refractivity contribution in [1.29, 1.82) is 0 Å². The third-order valence-corrected chi connectivity index (χ3v) is 2.85. The number of halogens is 1. The summed E-state index contributed by atoms with van der Waals surface area (Å²) in [6.45, 7) is 0. The molecule has 0 radical (unpaired) electrons. The number of fused-ring (bicyclic) bond motifs is 1. The highest BCUT2D eigenvalue weighted by Gasteiger charge is 2.10. The van der Waals surface area contributed by atoms with Crippen LogP contribution in [-0.2, 0) is 0 Å². The first-order valence-electron chi connectivity index (χ1n) is 5.63. The molecule has 0 unspecified atom stereocenters. The summed E-state index contributed by atoms with van der Waals surface area (Å²) in [5, 5.41) is 10.4. The number of hydrogen-bond donors (Lipinski definition) is 2. The second kappa shape index (κ2) is 4.20. The molecule has 0 amide bonds. The van der Waals surface area contributed by atoms with Gasteiger partial charge in [0, 0.05) is 10.9 Å². The molecule has 0 atom stereocenters. The Bertz CT molecular complexity index is 827. The number of H-pyrrole nitrogens is 1. The minimum atomic E-state index is -0.462. The van der Waals surface area contributed by atoms with E-state index in [-0.39, 0.29) is 17.5 Å². The maximum Gasteiger partial charge on any atom is 0.254 e. The van der Waals surface area contributed by atoms with Crippen LogP contribution in [0.2, 0.25) is 0 Å². The molecule has 0 bridgehead atoms. The summed E-state index contributed by atoms with van der Waals surface area (Å²) in [7, 11) is 0. The van der Waals surface area contributed by atoms with Crippen molar-refractivity contribution in [1.82, 2.24) is 9.97 Å². The molecule has 0 saturated carbocycles. The molecule has 3 rings (SSSR count). The van der Waals surface area contributed by atoms with Gasteiger partial charge in [-0.05, 0) is 17.5 Å². The van der Waals surface area contributed by atoms with Crippen LogP contribution in [0.5, 0.6) is 5.88 Å². The van der Waals surface area contributed by atoms with Crippen LogP contribution in [0.1, 0.15) is 0 Å². The zero-order chi connectivity index (χ0) is 13.4. The molecule has 19 heavy (non-hydrogen) atoms. The summed E-state index contributed by atoms with van der Waals surface area (Å²) in [4.78, 5) is 17.7. The van der Waals surface area contributed by atoms with Gasteiger partial charge in [-0.25, -0.2) is 4.39 Å². The fourth-order valence-electron chi connectivity index (χ4n) is 2.04. The fourth-order valence-corrected chi connectivity index (χ4v) is 2.04. The van der Waals surface area contributed by atoms with Crippen LogP contribution in [0.25, 0.3) is 22.2 Å². The van der Waals surface area contributed by atoms with Crippen molar-refractivity contribution in [3.8, 4) is 17.3 Å². The number of benzene rings is 2. The number of nitrogens with zero attached hydrogens (tertiary/aromatic N) is 1. The lowest BCUT2D eigenvalue weighted by Crippen LogP contribution is -2.06. The summed E-state index contributed by atoms with van der Waals surface area (Å²) in [6, 6.07) is 10.7. The Morgan fingerprint density at radius 2 is 1.84 bits per heavy atom. The maximum atomic E-state index is 13.7. The van der Waals surface area contributed by atoms with E-state index in [0.717, 1.165) is 6.07 Å². The average Bonchev–Trinajstić information content (AvgIpc) is 2.38. The molecule has 1 heterocycles. The largest absolute Gasteiger partial charge is 0.493 e. The third-order valence-electron chi connectivity index (χ3n) is 2.85. The van der Waals surface area contributed by atoms with E-state index in [1.165, 1.54) is 12.1 Å². The van der Waals surface area contributed by atoms with Crippen LogP contribution in [-0.4, -0.2) is 15.1 Å². The quantitative estimate of drug-likeness (QED) is 0.702. The number of aromatic amines is 1. The molecule has 0 spiro atoms. The van der Waals surface area contributed by atoms with E-state index in [1.54, 1.807) is 24.3 Å². The lowest BCUT2D eigenvalue weighted by Gasteiger charge is -2.06. The van der Waals surface area contributed by atoms with Crippen molar-refractivity contribution in [3.63, 3.8) is 0 Å². The van der Waals surface area contributed by atoms with Gasteiger partial charge in [-0.2, -0.15) is 4.98 Å². The van der Waals surface area contributed by atoms with Gasteiger partial charge in [0.25, 0.3) is 5.56 Å². The van der Waals surface area contributed by atoms with Crippen LogP contribution >= 0.6 is 0 Å². The van der Waals surface area contributed by atoms with Gasteiger partial charge in [0.2, 0.25) is 5.88 Å². The zero-order valence-corrected chi connectivity index (χ0v) is 9.72. The molecule has 0 aliphatic carbocycles. The molecule has 94 valence electrons. The highest BCUT2D eigenvalue weighted by Crippen LogP contribution is 2.28. The first-order valence-corrected chi connectivity index (χ1v) is 5.63. The predicted octanol–water partition coefficient (Wildman–Crippen LogP) is 2.43. The summed E-state index contributed by atoms with van der Waals surface area (Å²) < 4.78 is 13.7. The SMILES string of the molecule is O=c1cc(O)nc(-c2ccc(F)c3ccccc23)[nH]1. The monoisotopic (exact) mass is 256 g/mol. The van der Waals surface area contributed by atoms with E-state index in [4.69, 9.17) is 0 Å². The van der Waals surface area contributed by atoms with Crippen molar-refractivity contribution in [2.24, 2.45) is 0 Å². The Kier molecular flexibility index (Phi) is 2.52. The number of aromatic hydroxyl groups is 1. The highest BCUT2D eigenvalue weighted by molar-refractivity contribution is 5.95. The van der Waals surface area contributed by atoms with E-state index in [2.05, 4.69) is 9.97 Å². The molecule has 1 aromatic heterocycles. The van der Waals surface area contributed by atoms with Crippen molar-refractivity contribution in [2.45, 2.75) is 0 Å². The number of hydrogen-bond acceptors (Lipinski definition) is 3. The lowest BCUT2D eigenvalue weighted by molar-refractivity contribution is 0.452. The van der Waals surface area contributed by atoms with Gasteiger partial charge in [-0.1, -0.05) is 24.3 Å². The Labute approximate surface area is 107 Å². The van der Waals surface area contributed by atoms with E-state index < -0.39 is 5.56 Å².